The first kappa shape index (κ1) is 27.8. The Morgan fingerprint density at radius 1 is 0.900 bits per heavy atom. The number of ketones is 1. The van der Waals surface area contributed by atoms with E-state index in [1.807, 2.05) is 19.9 Å². The van der Waals surface area contributed by atoms with E-state index < -0.39 is 17.7 Å². The van der Waals surface area contributed by atoms with E-state index in [0.29, 0.717) is 86.7 Å². The van der Waals surface area contributed by atoms with Gasteiger partial charge < -0.3 is 33.7 Å². The molecule has 10 nitrogen and oxygen atoms in total. The summed E-state index contributed by atoms with van der Waals surface area (Å²) in [5.41, 5.74) is 1.05. The number of hydrogen-bond acceptors (Lipinski definition) is 9. The fourth-order valence-corrected chi connectivity index (χ4v) is 5.33. The van der Waals surface area contributed by atoms with E-state index in [1.54, 1.807) is 35.2 Å². The summed E-state index contributed by atoms with van der Waals surface area (Å²) in [5.74, 6) is 0.503. The minimum atomic E-state index is -0.798. The molecule has 3 aliphatic heterocycles. The van der Waals surface area contributed by atoms with E-state index in [4.69, 9.17) is 23.7 Å². The van der Waals surface area contributed by atoms with Gasteiger partial charge in [-0.1, -0.05) is 6.07 Å². The number of rotatable bonds is 10. The van der Waals surface area contributed by atoms with Crippen molar-refractivity contribution in [1.82, 2.24) is 9.80 Å². The van der Waals surface area contributed by atoms with Gasteiger partial charge in [0.15, 0.2) is 23.0 Å². The van der Waals surface area contributed by atoms with Crippen LogP contribution in [-0.2, 0) is 14.3 Å². The second kappa shape index (κ2) is 12.6. The Morgan fingerprint density at radius 3 is 2.38 bits per heavy atom. The highest BCUT2D eigenvalue weighted by molar-refractivity contribution is 6.46. The Hall–Kier alpha value is -3.76. The smallest absolute Gasteiger partial charge is 0.295 e. The van der Waals surface area contributed by atoms with Crippen molar-refractivity contribution in [2.45, 2.75) is 26.3 Å². The molecule has 0 spiro atoms. The third-order valence-corrected chi connectivity index (χ3v) is 7.22. The van der Waals surface area contributed by atoms with Gasteiger partial charge in [0.1, 0.15) is 19.0 Å². The van der Waals surface area contributed by atoms with E-state index >= 15 is 0 Å². The van der Waals surface area contributed by atoms with Crippen molar-refractivity contribution >= 4 is 17.4 Å². The summed E-state index contributed by atoms with van der Waals surface area (Å²) >= 11 is 0. The first-order chi connectivity index (χ1) is 19.5. The summed E-state index contributed by atoms with van der Waals surface area (Å²) in [6, 6.07) is 9.58. The maximum atomic E-state index is 13.5. The lowest BCUT2D eigenvalue weighted by Crippen LogP contribution is -2.39. The zero-order valence-corrected chi connectivity index (χ0v) is 23.0. The molecule has 0 radical (unpaired) electrons. The lowest BCUT2D eigenvalue weighted by Gasteiger charge is -2.29. The van der Waals surface area contributed by atoms with Crippen molar-refractivity contribution in [3.63, 3.8) is 0 Å². The van der Waals surface area contributed by atoms with Crippen LogP contribution in [0.1, 0.15) is 37.4 Å². The van der Waals surface area contributed by atoms with Gasteiger partial charge >= 0.3 is 0 Å². The maximum absolute atomic E-state index is 13.5. The van der Waals surface area contributed by atoms with Crippen molar-refractivity contribution in [3.05, 3.63) is 53.1 Å². The lowest BCUT2D eigenvalue weighted by molar-refractivity contribution is -0.140. The van der Waals surface area contributed by atoms with E-state index in [9.17, 15) is 14.7 Å². The highest BCUT2D eigenvalue weighted by atomic mass is 16.6. The molecule has 10 heteroatoms. The van der Waals surface area contributed by atoms with Gasteiger partial charge in [-0.15, -0.1) is 0 Å². The molecule has 2 saturated heterocycles. The first-order valence-corrected chi connectivity index (χ1v) is 13.9. The number of amides is 1. The van der Waals surface area contributed by atoms with Gasteiger partial charge in [0.2, 0.25) is 0 Å². The fraction of sp³-hybridized carbons (Fsp3) is 0.467. The molecular weight excluding hydrogens is 516 g/mol. The number of benzene rings is 2. The second-order valence-corrected chi connectivity index (χ2v) is 9.73. The molecule has 3 aliphatic rings. The number of fused-ring (bicyclic) bond motifs is 1. The lowest BCUT2D eigenvalue weighted by atomic mass is 9.94. The van der Waals surface area contributed by atoms with Gasteiger partial charge in [0.25, 0.3) is 11.7 Å². The Balaban J connectivity index is 1.53. The van der Waals surface area contributed by atoms with Crippen LogP contribution in [-0.4, -0.2) is 92.4 Å². The minimum absolute atomic E-state index is 0.0275. The zero-order valence-electron chi connectivity index (χ0n) is 23.0. The van der Waals surface area contributed by atoms with Crippen molar-refractivity contribution in [2.75, 3.05) is 65.8 Å². The standard InChI is InChI=1S/C30H36N2O8/c1-3-37-22-8-6-20(18-24(22)38-4-2)27-26(28(33)21-7-9-23-25(19-21)40-17-16-39-23)29(34)30(35)32(27)11-5-10-31-12-14-36-15-13-31/h6-9,18-19,27,33H,3-5,10-17H2,1-2H3/b28-26-. The van der Waals surface area contributed by atoms with Crippen LogP contribution in [0.4, 0.5) is 0 Å². The summed E-state index contributed by atoms with van der Waals surface area (Å²) in [6.45, 7) is 9.64. The number of carbonyl (C=O) groups is 2. The molecular formula is C30H36N2O8. The first-order valence-electron chi connectivity index (χ1n) is 13.9. The van der Waals surface area contributed by atoms with E-state index in [-0.39, 0.29) is 11.3 Å². The highest BCUT2D eigenvalue weighted by Gasteiger charge is 2.46. The van der Waals surface area contributed by atoms with Crippen molar-refractivity contribution < 1.29 is 38.4 Å². The molecule has 1 N–H and O–H groups in total. The molecule has 0 aliphatic carbocycles. The summed E-state index contributed by atoms with van der Waals surface area (Å²) in [5, 5.41) is 11.5. The van der Waals surface area contributed by atoms with E-state index in [1.165, 1.54) is 0 Å². The van der Waals surface area contributed by atoms with Crippen LogP contribution >= 0.6 is 0 Å². The van der Waals surface area contributed by atoms with Gasteiger partial charge in [0.05, 0.1) is 38.0 Å². The van der Waals surface area contributed by atoms with Crippen LogP contribution in [0.3, 0.4) is 0 Å². The van der Waals surface area contributed by atoms with E-state index in [2.05, 4.69) is 4.90 Å². The third-order valence-electron chi connectivity index (χ3n) is 7.22. The van der Waals surface area contributed by atoms with Crippen LogP contribution in [0.25, 0.3) is 5.76 Å². The predicted octanol–water partition coefficient (Wildman–Crippen LogP) is 3.40. The monoisotopic (exact) mass is 552 g/mol. The molecule has 3 heterocycles. The Labute approximate surface area is 234 Å². The molecule has 5 rings (SSSR count). The van der Waals surface area contributed by atoms with Crippen molar-refractivity contribution in [3.8, 4) is 23.0 Å². The molecule has 1 atom stereocenters. The minimum Gasteiger partial charge on any atom is -0.507 e. The van der Waals surface area contributed by atoms with Crippen LogP contribution in [0.15, 0.2) is 42.0 Å². The number of ether oxygens (including phenoxy) is 5. The van der Waals surface area contributed by atoms with Crippen LogP contribution in [0.5, 0.6) is 23.0 Å². The summed E-state index contributed by atoms with van der Waals surface area (Å²) < 4.78 is 28.3. The van der Waals surface area contributed by atoms with Gasteiger partial charge in [-0.3, -0.25) is 14.5 Å². The molecule has 214 valence electrons. The van der Waals surface area contributed by atoms with E-state index in [0.717, 1.165) is 19.6 Å². The molecule has 2 fully saturated rings. The van der Waals surface area contributed by atoms with Gasteiger partial charge in [-0.25, -0.2) is 0 Å². The van der Waals surface area contributed by atoms with Gasteiger partial charge in [-0.05, 0) is 56.2 Å². The predicted molar refractivity (Wildman–Crippen MR) is 147 cm³/mol. The number of nitrogens with zero attached hydrogens (tertiary/aromatic N) is 2. The number of hydrogen-bond donors (Lipinski definition) is 1. The fourth-order valence-electron chi connectivity index (χ4n) is 5.33. The molecule has 2 aromatic rings. The number of aliphatic hydroxyl groups is 1. The van der Waals surface area contributed by atoms with Crippen LogP contribution in [0.2, 0.25) is 0 Å². The SMILES string of the molecule is CCOc1ccc(C2/C(=C(/O)c3ccc4c(c3)OCCO4)C(=O)C(=O)N2CCCN2CCOCC2)cc1OCC. The summed E-state index contributed by atoms with van der Waals surface area (Å²) in [6.07, 6.45) is 0.670. The molecule has 1 amide bonds. The number of Topliss-reactive ketones (excluding diaryl/α,β-unsaturated/α-hetero) is 1. The third kappa shape index (κ3) is 5.73. The van der Waals surface area contributed by atoms with Gasteiger partial charge in [0, 0.05) is 31.7 Å². The zero-order chi connectivity index (χ0) is 28.1. The number of morpholine rings is 1. The molecule has 0 bridgehead atoms. The topological polar surface area (TPSA) is 107 Å². The normalized spacial score (nSPS) is 20.6. The Morgan fingerprint density at radius 2 is 1.62 bits per heavy atom. The number of likely N-dealkylation sites (tertiary alicyclic amines) is 1. The Kier molecular flexibility index (Phi) is 8.76. The summed E-state index contributed by atoms with van der Waals surface area (Å²) in [4.78, 5) is 30.8. The molecule has 0 saturated carbocycles. The molecule has 0 aromatic heterocycles. The van der Waals surface area contributed by atoms with Crippen molar-refractivity contribution in [2.24, 2.45) is 0 Å². The number of aliphatic hydroxyl groups excluding tert-OH is 1. The molecule has 40 heavy (non-hydrogen) atoms. The molecule has 1 unspecified atom stereocenters. The molecule has 2 aromatic carbocycles. The average Bonchev–Trinajstić information content (AvgIpc) is 3.23. The van der Waals surface area contributed by atoms with Gasteiger partial charge in [-0.2, -0.15) is 0 Å². The summed E-state index contributed by atoms with van der Waals surface area (Å²) in [7, 11) is 0. The Bertz CT molecular complexity index is 1270. The van der Waals surface area contributed by atoms with Crippen molar-refractivity contribution in [1.29, 1.82) is 0 Å². The maximum Gasteiger partial charge on any atom is 0.295 e. The highest BCUT2D eigenvalue weighted by Crippen LogP contribution is 2.43. The van der Waals surface area contributed by atoms with Crippen LogP contribution in [0, 0.1) is 0 Å². The second-order valence-electron chi connectivity index (χ2n) is 9.73. The largest absolute Gasteiger partial charge is 0.507 e. The quantitative estimate of drug-likeness (QED) is 0.270. The van der Waals surface area contributed by atoms with Crippen LogP contribution < -0.4 is 18.9 Å². The average molecular weight is 553 g/mol. The number of carbonyl (C=O) groups excluding carboxylic acids is 2.